The van der Waals surface area contributed by atoms with E-state index < -0.39 is 9.84 Å². The molecule has 4 aromatic rings. The number of sulfone groups is 1. The van der Waals surface area contributed by atoms with Crippen molar-refractivity contribution in [1.29, 1.82) is 0 Å². The van der Waals surface area contributed by atoms with Crippen LogP contribution in [0.15, 0.2) is 71.9 Å². The van der Waals surface area contributed by atoms with Gasteiger partial charge in [-0.25, -0.2) is 22.8 Å². The second kappa shape index (κ2) is 6.03. The highest BCUT2D eigenvalue weighted by Crippen LogP contribution is 2.32. The molecule has 130 valence electrons. The number of halogens is 1. The molecule has 0 spiro atoms. The molecule has 2 aromatic heterocycles. The van der Waals surface area contributed by atoms with Gasteiger partial charge in [0, 0.05) is 29.8 Å². The van der Waals surface area contributed by atoms with Crippen LogP contribution in [-0.2, 0) is 9.84 Å². The average Bonchev–Trinajstić information content (AvgIpc) is 3.01. The number of hydrogen-bond acceptors (Lipinski definition) is 4. The first kappa shape index (κ1) is 16.4. The fourth-order valence-electron chi connectivity index (χ4n) is 2.83. The lowest BCUT2D eigenvalue weighted by molar-refractivity contribution is 0.602. The Kier molecular flexibility index (Phi) is 3.81. The molecule has 0 amide bonds. The molecule has 2 aromatic carbocycles. The Balaban J connectivity index is 1.95. The van der Waals surface area contributed by atoms with Crippen LogP contribution >= 0.6 is 0 Å². The fourth-order valence-corrected chi connectivity index (χ4v) is 3.46. The standard InChI is InChI=1S/C19H14FN3O2S/c1-26(24,25)16-9-5-13(6-10-16)17-18(14-3-7-15(20)8-4-14)23-12-2-11-21-19(23)22-17/h2-12H,1H3. The SMILES string of the molecule is CS(=O)(=O)c1ccc(-c2nc3ncccn3c2-c2ccc(F)cc2)cc1. The van der Waals surface area contributed by atoms with Crippen LogP contribution in [0.5, 0.6) is 0 Å². The first-order valence-electron chi connectivity index (χ1n) is 7.83. The molecule has 0 saturated carbocycles. The van der Waals surface area contributed by atoms with E-state index in [4.69, 9.17) is 0 Å². The molecule has 26 heavy (non-hydrogen) atoms. The molecular weight excluding hydrogens is 353 g/mol. The summed E-state index contributed by atoms with van der Waals surface area (Å²) in [6, 6.07) is 14.5. The first-order valence-corrected chi connectivity index (χ1v) is 9.72. The average molecular weight is 367 g/mol. The zero-order valence-electron chi connectivity index (χ0n) is 13.8. The van der Waals surface area contributed by atoms with Gasteiger partial charge in [0.2, 0.25) is 5.78 Å². The summed E-state index contributed by atoms with van der Waals surface area (Å²) in [6.45, 7) is 0. The Morgan fingerprint density at radius 3 is 2.27 bits per heavy atom. The van der Waals surface area contributed by atoms with E-state index in [1.54, 1.807) is 48.7 Å². The number of benzene rings is 2. The number of hydrogen-bond donors (Lipinski definition) is 0. The molecule has 0 saturated heterocycles. The van der Waals surface area contributed by atoms with Gasteiger partial charge in [0.15, 0.2) is 9.84 Å². The molecular formula is C19H14FN3O2S. The minimum atomic E-state index is -3.27. The molecule has 2 heterocycles. The minimum Gasteiger partial charge on any atom is -0.283 e. The quantitative estimate of drug-likeness (QED) is 0.555. The van der Waals surface area contributed by atoms with Gasteiger partial charge in [-0.1, -0.05) is 12.1 Å². The van der Waals surface area contributed by atoms with Crippen LogP contribution in [-0.4, -0.2) is 29.0 Å². The number of fused-ring (bicyclic) bond motifs is 1. The molecule has 0 bridgehead atoms. The Morgan fingerprint density at radius 1 is 0.962 bits per heavy atom. The van der Waals surface area contributed by atoms with Crippen LogP contribution < -0.4 is 0 Å². The fraction of sp³-hybridized carbons (Fsp3) is 0.0526. The van der Waals surface area contributed by atoms with Crippen molar-refractivity contribution in [3.05, 3.63) is 72.8 Å². The summed E-state index contributed by atoms with van der Waals surface area (Å²) in [7, 11) is -3.27. The summed E-state index contributed by atoms with van der Waals surface area (Å²) in [5.41, 5.74) is 2.95. The Morgan fingerprint density at radius 2 is 1.62 bits per heavy atom. The summed E-state index contributed by atoms with van der Waals surface area (Å²) in [4.78, 5) is 9.09. The summed E-state index contributed by atoms with van der Waals surface area (Å²) in [5, 5.41) is 0. The van der Waals surface area contributed by atoms with Gasteiger partial charge in [-0.05, 0) is 42.5 Å². The lowest BCUT2D eigenvalue weighted by Gasteiger charge is -2.06. The van der Waals surface area contributed by atoms with Gasteiger partial charge in [0.25, 0.3) is 0 Å². The first-order chi connectivity index (χ1) is 12.4. The van der Waals surface area contributed by atoms with Gasteiger partial charge in [-0.2, -0.15) is 0 Å². The monoisotopic (exact) mass is 367 g/mol. The van der Waals surface area contributed by atoms with Crippen molar-refractivity contribution in [1.82, 2.24) is 14.4 Å². The second-order valence-electron chi connectivity index (χ2n) is 5.90. The van der Waals surface area contributed by atoms with Gasteiger partial charge in [-0.15, -0.1) is 0 Å². The van der Waals surface area contributed by atoms with E-state index in [0.29, 0.717) is 11.5 Å². The summed E-state index contributed by atoms with van der Waals surface area (Å²) in [6.07, 6.45) is 4.65. The molecule has 0 aliphatic heterocycles. The van der Waals surface area contributed by atoms with Gasteiger partial charge in [-0.3, -0.25) is 4.40 Å². The Labute approximate surface area is 149 Å². The highest BCUT2D eigenvalue weighted by Gasteiger charge is 2.17. The molecule has 0 aliphatic carbocycles. The summed E-state index contributed by atoms with van der Waals surface area (Å²) < 4.78 is 38.5. The van der Waals surface area contributed by atoms with Crippen molar-refractivity contribution < 1.29 is 12.8 Å². The molecule has 0 aliphatic rings. The van der Waals surface area contributed by atoms with Crippen molar-refractivity contribution >= 4 is 15.6 Å². The van der Waals surface area contributed by atoms with Crippen LogP contribution in [0.3, 0.4) is 0 Å². The molecule has 5 nitrogen and oxygen atoms in total. The lowest BCUT2D eigenvalue weighted by atomic mass is 10.0. The van der Waals surface area contributed by atoms with Crippen molar-refractivity contribution in [2.75, 3.05) is 6.26 Å². The summed E-state index contributed by atoms with van der Waals surface area (Å²) >= 11 is 0. The highest BCUT2D eigenvalue weighted by molar-refractivity contribution is 7.90. The molecule has 0 N–H and O–H groups in total. The maximum Gasteiger partial charge on any atom is 0.234 e. The van der Waals surface area contributed by atoms with Crippen LogP contribution in [0.2, 0.25) is 0 Å². The lowest BCUT2D eigenvalue weighted by Crippen LogP contribution is -1.96. The third-order valence-corrected chi connectivity index (χ3v) is 5.21. The van der Waals surface area contributed by atoms with E-state index in [1.165, 1.54) is 18.4 Å². The van der Waals surface area contributed by atoms with Crippen molar-refractivity contribution in [2.45, 2.75) is 4.90 Å². The van der Waals surface area contributed by atoms with Crippen molar-refractivity contribution in [3.63, 3.8) is 0 Å². The van der Waals surface area contributed by atoms with Crippen LogP contribution in [0, 0.1) is 5.82 Å². The van der Waals surface area contributed by atoms with Crippen molar-refractivity contribution in [2.24, 2.45) is 0 Å². The smallest absolute Gasteiger partial charge is 0.234 e. The minimum absolute atomic E-state index is 0.242. The number of nitrogens with zero attached hydrogens (tertiary/aromatic N) is 3. The van der Waals surface area contributed by atoms with E-state index in [1.807, 2.05) is 10.6 Å². The third-order valence-electron chi connectivity index (χ3n) is 4.08. The van der Waals surface area contributed by atoms with Crippen LogP contribution in [0.4, 0.5) is 4.39 Å². The molecule has 0 atom stereocenters. The molecule has 0 unspecified atom stereocenters. The van der Waals surface area contributed by atoms with E-state index in [0.717, 1.165) is 16.8 Å². The topological polar surface area (TPSA) is 64.3 Å². The largest absolute Gasteiger partial charge is 0.283 e. The number of rotatable bonds is 3. The third kappa shape index (κ3) is 2.86. The maximum absolute atomic E-state index is 13.3. The molecule has 0 radical (unpaired) electrons. The normalized spacial score (nSPS) is 11.8. The Bertz CT molecular complexity index is 1200. The maximum atomic E-state index is 13.3. The Hall–Kier alpha value is -3.06. The van der Waals surface area contributed by atoms with Gasteiger partial charge >= 0.3 is 0 Å². The van der Waals surface area contributed by atoms with Crippen LogP contribution in [0.1, 0.15) is 0 Å². The predicted octanol–water partition coefficient (Wildman–Crippen LogP) is 3.61. The van der Waals surface area contributed by atoms with E-state index in [2.05, 4.69) is 9.97 Å². The van der Waals surface area contributed by atoms with Gasteiger partial charge < -0.3 is 0 Å². The van der Waals surface area contributed by atoms with E-state index >= 15 is 0 Å². The molecule has 0 fully saturated rings. The zero-order valence-corrected chi connectivity index (χ0v) is 14.6. The molecule has 4 rings (SSSR count). The van der Waals surface area contributed by atoms with E-state index in [-0.39, 0.29) is 10.7 Å². The van der Waals surface area contributed by atoms with E-state index in [9.17, 15) is 12.8 Å². The predicted molar refractivity (Wildman–Crippen MR) is 96.9 cm³/mol. The highest BCUT2D eigenvalue weighted by atomic mass is 32.2. The zero-order chi connectivity index (χ0) is 18.3. The number of aromatic nitrogens is 3. The molecule has 7 heteroatoms. The van der Waals surface area contributed by atoms with Crippen LogP contribution in [0.25, 0.3) is 28.3 Å². The second-order valence-corrected chi connectivity index (χ2v) is 7.92. The van der Waals surface area contributed by atoms with Gasteiger partial charge in [0.05, 0.1) is 16.3 Å². The number of imidazole rings is 1. The summed E-state index contributed by atoms with van der Waals surface area (Å²) in [5.74, 6) is 0.189. The van der Waals surface area contributed by atoms with Gasteiger partial charge in [0.1, 0.15) is 5.82 Å². The van der Waals surface area contributed by atoms with Crippen molar-refractivity contribution in [3.8, 4) is 22.5 Å².